The van der Waals surface area contributed by atoms with Crippen LogP contribution in [-0.4, -0.2) is 30.1 Å². The molecule has 1 aliphatic heterocycles. The number of amides is 2. The van der Waals surface area contributed by atoms with Gasteiger partial charge in [-0.1, -0.05) is 49.7 Å². The molecule has 1 atom stereocenters. The number of rotatable bonds is 5. The molecule has 0 bridgehead atoms. The van der Waals surface area contributed by atoms with Gasteiger partial charge in [-0.2, -0.15) is 0 Å². The van der Waals surface area contributed by atoms with Crippen molar-refractivity contribution in [2.75, 3.05) is 23.7 Å². The summed E-state index contributed by atoms with van der Waals surface area (Å²) in [5.41, 5.74) is 4.11. The SMILES string of the molecule is CCc1ccc(Cl)c(CC)c1NC(=O)N1CCC(Nc2ccccc2)C1. The highest BCUT2D eigenvalue weighted by atomic mass is 35.5. The molecule has 1 saturated heterocycles. The summed E-state index contributed by atoms with van der Waals surface area (Å²) in [7, 11) is 0. The van der Waals surface area contributed by atoms with Crippen molar-refractivity contribution < 1.29 is 4.79 Å². The molecule has 2 aromatic carbocycles. The Morgan fingerprint density at radius 1 is 1.15 bits per heavy atom. The second-order valence-electron chi connectivity index (χ2n) is 6.64. The summed E-state index contributed by atoms with van der Waals surface area (Å²) in [5.74, 6) is 0. The highest BCUT2D eigenvalue weighted by molar-refractivity contribution is 6.32. The lowest BCUT2D eigenvalue weighted by atomic mass is 10.0. The number of nitrogens with zero attached hydrogens (tertiary/aromatic N) is 1. The average Bonchev–Trinajstić information content (AvgIpc) is 3.11. The third kappa shape index (κ3) is 4.13. The number of anilines is 2. The molecule has 0 aliphatic carbocycles. The third-order valence-electron chi connectivity index (χ3n) is 4.93. The Morgan fingerprint density at radius 2 is 1.92 bits per heavy atom. The van der Waals surface area contributed by atoms with Crippen LogP contribution >= 0.6 is 11.6 Å². The maximum atomic E-state index is 12.8. The van der Waals surface area contributed by atoms with E-state index >= 15 is 0 Å². The molecule has 2 N–H and O–H groups in total. The first-order valence-corrected chi connectivity index (χ1v) is 9.67. The zero-order valence-corrected chi connectivity index (χ0v) is 16.1. The molecule has 26 heavy (non-hydrogen) atoms. The first kappa shape index (κ1) is 18.6. The first-order valence-electron chi connectivity index (χ1n) is 9.30. The molecule has 1 aliphatic rings. The monoisotopic (exact) mass is 371 g/mol. The molecule has 5 heteroatoms. The zero-order chi connectivity index (χ0) is 18.5. The predicted octanol–water partition coefficient (Wildman–Crippen LogP) is 5.18. The van der Waals surface area contributed by atoms with Crippen molar-refractivity contribution in [2.24, 2.45) is 0 Å². The number of nitrogens with one attached hydrogen (secondary N) is 2. The Bertz CT molecular complexity index is 763. The second-order valence-corrected chi connectivity index (χ2v) is 7.05. The van der Waals surface area contributed by atoms with E-state index in [9.17, 15) is 4.79 Å². The summed E-state index contributed by atoms with van der Waals surface area (Å²) >= 11 is 6.34. The molecule has 2 aromatic rings. The van der Waals surface area contributed by atoms with Crippen LogP contribution in [-0.2, 0) is 12.8 Å². The van der Waals surface area contributed by atoms with E-state index in [1.165, 1.54) is 0 Å². The molecule has 2 amide bonds. The van der Waals surface area contributed by atoms with Crippen LogP contribution in [0.5, 0.6) is 0 Å². The summed E-state index contributed by atoms with van der Waals surface area (Å²) in [6, 6.07) is 14.3. The van der Waals surface area contributed by atoms with E-state index in [4.69, 9.17) is 11.6 Å². The predicted molar refractivity (Wildman–Crippen MR) is 109 cm³/mol. The minimum Gasteiger partial charge on any atom is -0.380 e. The molecule has 3 rings (SSSR count). The lowest BCUT2D eigenvalue weighted by Gasteiger charge is -2.21. The van der Waals surface area contributed by atoms with Crippen LogP contribution in [0, 0.1) is 0 Å². The largest absolute Gasteiger partial charge is 0.380 e. The molecule has 0 radical (unpaired) electrons. The normalized spacial score (nSPS) is 16.6. The van der Waals surface area contributed by atoms with Crippen molar-refractivity contribution in [1.29, 1.82) is 0 Å². The van der Waals surface area contributed by atoms with Gasteiger partial charge >= 0.3 is 6.03 Å². The molecular weight excluding hydrogens is 346 g/mol. The van der Waals surface area contributed by atoms with E-state index in [1.54, 1.807) is 0 Å². The summed E-state index contributed by atoms with van der Waals surface area (Å²) in [6.45, 7) is 5.60. The van der Waals surface area contributed by atoms with Gasteiger partial charge in [0.15, 0.2) is 0 Å². The van der Waals surface area contributed by atoms with Gasteiger partial charge in [-0.05, 0) is 48.6 Å². The standard InChI is InChI=1S/C21H26ClN3O/c1-3-15-10-11-19(22)18(4-2)20(15)24-21(26)25-13-12-17(14-25)23-16-8-6-5-7-9-16/h5-11,17,23H,3-4,12-14H2,1-2H3,(H,24,26). The smallest absolute Gasteiger partial charge is 0.321 e. The van der Waals surface area contributed by atoms with Gasteiger partial charge in [0.2, 0.25) is 0 Å². The third-order valence-corrected chi connectivity index (χ3v) is 5.28. The van der Waals surface area contributed by atoms with Crippen LogP contribution in [0.2, 0.25) is 5.02 Å². The molecule has 4 nitrogen and oxygen atoms in total. The maximum absolute atomic E-state index is 12.8. The van der Waals surface area contributed by atoms with E-state index in [1.807, 2.05) is 35.2 Å². The lowest BCUT2D eigenvalue weighted by molar-refractivity contribution is 0.222. The van der Waals surface area contributed by atoms with Crippen molar-refractivity contribution in [3.8, 4) is 0 Å². The Morgan fingerprint density at radius 3 is 2.62 bits per heavy atom. The number of para-hydroxylation sites is 1. The van der Waals surface area contributed by atoms with Crippen molar-refractivity contribution >= 4 is 29.0 Å². The quantitative estimate of drug-likeness (QED) is 0.760. The fraction of sp³-hybridized carbons (Fsp3) is 0.381. The average molecular weight is 372 g/mol. The second kappa shape index (κ2) is 8.45. The summed E-state index contributed by atoms with van der Waals surface area (Å²) < 4.78 is 0. The van der Waals surface area contributed by atoms with Gasteiger partial charge in [0.05, 0.1) is 5.69 Å². The minimum atomic E-state index is -0.0472. The fourth-order valence-corrected chi connectivity index (χ4v) is 3.78. The van der Waals surface area contributed by atoms with Gasteiger partial charge in [-0.25, -0.2) is 4.79 Å². The van der Waals surface area contributed by atoms with Crippen LogP contribution in [0.25, 0.3) is 0 Å². The number of carbonyl (C=O) groups excluding carboxylic acids is 1. The molecule has 0 saturated carbocycles. The lowest BCUT2D eigenvalue weighted by Crippen LogP contribution is -2.35. The zero-order valence-electron chi connectivity index (χ0n) is 15.4. The Labute approximate surface area is 160 Å². The number of halogens is 1. The summed E-state index contributed by atoms with van der Waals surface area (Å²) in [5, 5.41) is 7.34. The van der Waals surface area contributed by atoms with E-state index < -0.39 is 0 Å². The van der Waals surface area contributed by atoms with Gasteiger partial charge in [0.1, 0.15) is 0 Å². The minimum absolute atomic E-state index is 0.0472. The number of aryl methyl sites for hydroxylation is 1. The van der Waals surface area contributed by atoms with Gasteiger partial charge in [0, 0.05) is 29.8 Å². The number of likely N-dealkylation sites (tertiary alicyclic amines) is 1. The number of carbonyl (C=O) groups is 1. The molecule has 0 spiro atoms. The van der Waals surface area contributed by atoms with Crippen molar-refractivity contribution in [3.63, 3.8) is 0 Å². The highest BCUT2D eigenvalue weighted by Gasteiger charge is 2.27. The van der Waals surface area contributed by atoms with Crippen LogP contribution in [0.3, 0.4) is 0 Å². The van der Waals surface area contributed by atoms with E-state index in [-0.39, 0.29) is 12.1 Å². The first-order chi connectivity index (χ1) is 12.6. The van der Waals surface area contributed by atoms with Gasteiger partial charge in [0.25, 0.3) is 0 Å². The topological polar surface area (TPSA) is 44.4 Å². The van der Waals surface area contributed by atoms with Crippen LogP contribution in [0.1, 0.15) is 31.4 Å². The van der Waals surface area contributed by atoms with Crippen LogP contribution < -0.4 is 10.6 Å². The van der Waals surface area contributed by atoms with Gasteiger partial charge in [-0.3, -0.25) is 0 Å². The van der Waals surface area contributed by atoms with Crippen molar-refractivity contribution in [2.45, 2.75) is 39.2 Å². The maximum Gasteiger partial charge on any atom is 0.321 e. The molecule has 1 unspecified atom stereocenters. The number of urea groups is 1. The fourth-order valence-electron chi connectivity index (χ4n) is 3.49. The number of hydrogen-bond donors (Lipinski definition) is 2. The van der Waals surface area contributed by atoms with Crippen molar-refractivity contribution in [3.05, 3.63) is 58.6 Å². The summed E-state index contributed by atoms with van der Waals surface area (Å²) in [6.07, 6.45) is 2.59. The molecule has 1 fully saturated rings. The Hall–Kier alpha value is -2.20. The molecule has 1 heterocycles. The summed E-state index contributed by atoms with van der Waals surface area (Å²) in [4.78, 5) is 14.7. The van der Waals surface area contributed by atoms with Crippen LogP contribution in [0.4, 0.5) is 16.2 Å². The Kier molecular flexibility index (Phi) is 6.04. The molecule has 138 valence electrons. The molecular formula is C21H26ClN3O. The highest BCUT2D eigenvalue weighted by Crippen LogP contribution is 2.30. The van der Waals surface area contributed by atoms with Crippen LogP contribution in [0.15, 0.2) is 42.5 Å². The number of hydrogen-bond acceptors (Lipinski definition) is 2. The van der Waals surface area contributed by atoms with Gasteiger partial charge < -0.3 is 15.5 Å². The van der Waals surface area contributed by atoms with Gasteiger partial charge in [-0.15, -0.1) is 0 Å². The van der Waals surface area contributed by atoms with E-state index in [0.717, 1.165) is 48.3 Å². The van der Waals surface area contributed by atoms with E-state index in [2.05, 4.69) is 36.6 Å². The van der Waals surface area contributed by atoms with Crippen molar-refractivity contribution in [1.82, 2.24) is 4.90 Å². The van der Waals surface area contributed by atoms with E-state index in [0.29, 0.717) is 11.6 Å². The number of benzene rings is 2. The Balaban J connectivity index is 1.67. The molecule has 0 aromatic heterocycles.